The average molecular weight is 407 g/mol. The van der Waals surface area contributed by atoms with E-state index < -0.39 is 20.0 Å². The third-order valence-electron chi connectivity index (χ3n) is 4.34. The molecule has 27 heavy (non-hydrogen) atoms. The predicted octanol–water partition coefficient (Wildman–Crippen LogP) is 1.42. The van der Waals surface area contributed by atoms with Crippen LogP contribution in [0.3, 0.4) is 0 Å². The van der Waals surface area contributed by atoms with E-state index >= 15 is 0 Å². The van der Waals surface area contributed by atoms with Crippen molar-refractivity contribution in [1.82, 2.24) is 4.72 Å². The van der Waals surface area contributed by atoms with Gasteiger partial charge in [-0.25, -0.2) is 21.6 Å². The normalized spacial score (nSPS) is 16.7. The summed E-state index contributed by atoms with van der Waals surface area (Å²) in [5.41, 5.74) is 1.36. The summed E-state index contributed by atoms with van der Waals surface area (Å²) < 4.78 is 55.1. The predicted molar refractivity (Wildman–Crippen MR) is 99.4 cm³/mol. The molecular formula is C17H17N3O5S2. The van der Waals surface area contributed by atoms with Gasteiger partial charge in [0.2, 0.25) is 15.9 Å². The molecule has 0 bridgehead atoms. The van der Waals surface area contributed by atoms with Crippen molar-refractivity contribution in [2.45, 2.75) is 35.1 Å². The molecule has 1 fully saturated rings. The van der Waals surface area contributed by atoms with Gasteiger partial charge in [-0.3, -0.25) is 9.52 Å². The second kappa shape index (κ2) is 6.32. The van der Waals surface area contributed by atoms with Crippen molar-refractivity contribution >= 4 is 37.3 Å². The van der Waals surface area contributed by atoms with Crippen LogP contribution in [0.25, 0.3) is 0 Å². The van der Waals surface area contributed by atoms with Gasteiger partial charge in [-0.15, -0.1) is 0 Å². The van der Waals surface area contributed by atoms with Crippen LogP contribution in [-0.4, -0.2) is 28.8 Å². The molecule has 1 amide bonds. The smallest absolute Gasteiger partial charge is 0.262 e. The number of anilines is 2. The van der Waals surface area contributed by atoms with E-state index in [9.17, 15) is 21.6 Å². The average Bonchev–Trinajstić information content (AvgIpc) is 3.32. The summed E-state index contributed by atoms with van der Waals surface area (Å²) in [4.78, 5) is 11.3. The molecular weight excluding hydrogens is 390 g/mol. The molecule has 0 unspecified atom stereocenters. The first-order valence-electron chi connectivity index (χ1n) is 8.31. The van der Waals surface area contributed by atoms with Gasteiger partial charge in [0.1, 0.15) is 0 Å². The van der Waals surface area contributed by atoms with Crippen LogP contribution in [0.15, 0.2) is 52.3 Å². The maximum absolute atomic E-state index is 12.8. The Balaban J connectivity index is 1.65. The highest BCUT2D eigenvalue weighted by Gasteiger charge is 2.29. The Morgan fingerprint density at radius 3 is 2.30 bits per heavy atom. The summed E-state index contributed by atoms with van der Waals surface area (Å²) in [6, 6.07) is 10.0. The van der Waals surface area contributed by atoms with Gasteiger partial charge in [-0.05, 0) is 42.7 Å². The van der Waals surface area contributed by atoms with Crippen LogP contribution in [0.2, 0.25) is 0 Å². The van der Waals surface area contributed by atoms with Crippen LogP contribution >= 0.6 is 0 Å². The zero-order valence-corrected chi connectivity index (χ0v) is 15.7. The second-order valence-electron chi connectivity index (χ2n) is 6.54. The van der Waals surface area contributed by atoms with E-state index in [1.807, 2.05) is 0 Å². The Morgan fingerprint density at radius 1 is 0.926 bits per heavy atom. The quantitative estimate of drug-likeness (QED) is 0.669. The number of amides is 1. The number of nitrogens with one attached hydrogen (secondary N) is 3. The lowest BCUT2D eigenvalue weighted by Gasteiger charge is -2.13. The molecule has 1 aliphatic carbocycles. The number of rotatable bonds is 6. The van der Waals surface area contributed by atoms with Gasteiger partial charge >= 0.3 is 0 Å². The molecule has 0 atom stereocenters. The summed E-state index contributed by atoms with van der Waals surface area (Å²) in [5.74, 6) is -0.212. The zero-order valence-electron chi connectivity index (χ0n) is 14.1. The number of carbonyl (C=O) groups is 1. The van der Waals surface area contributed by atoms with Gasteiger partial charge in [0, 0.05) is 6.04 Å². The molecule has 2 aromatic rings. The van der Waals surface area contributed by atoms with E-state index in [0.717, 1.165) is 18.9 Å². The Hall–Kier alpha value is -2.43. The Bertz CT molecular complexity index is 1140. The number of fused-ring (bicyclic) bond motifs is 1. The van der Waals surface area contributed by atoms with Crippen LogP contribution in [0.5, 0.6) is 0 Å². The van der Waals surface area contributed by atoms with Crippen molar-refractivity contribution in [3.8, 4) is 0 Å². The minimum atomic E-state index is -4.04. The molecule has 8 nitrogen and oxygen atoms in total. The summed E-state index contributed by atoms with van der Waals surface area (Å²) in [5, 5.41) is 2.63. The maximum Gasteiger partial charge on any atom is 0.262 e. The summed E-state index contributed by atoms with van der Waals surface area (Å²) in [6.45, 7) is 0. The molecule has 2 aromatic carbocycles. The molecule has 10 heteroatoms. The minimum absolute atomic E-state index is 0.0797. The largest absolute Gasteiger partial charge is 0.324 e. The summed E-state index contributed by atoms with van der Waals surface area (Å²) in [7, 11) is -7.81. The number of benzene rings is 2. The Morgan fingerprint density at radius 2 is 1.59 bits per heavy atom. The van der Waals surface area contributed by atoms with Gasteiger partial charge in [0.25, 0.3) is 10.0 Å². The molecule has 0 saturated heterocycles. The molecule has 3 N–H and O–H groups in total. The van der Waals surface area contributed by atoms with E-state index in [2.05, 4.69) is 14.8 Å². The van der Waals surface area contributed by atoms with Crippen molar-refractivity contribution in [3.05, 3.63) is 48.0 Å². The Labute approximate surface area is 157 Å². The molecule has 1 aliphatic heterocycles. The van der Waals surface area contributed by atoms with Crippen LogP contribution < -0.4 is 14.8 Å². The molecule has 1 heterocycles. The third-order valence-corrected chi connectivity index (χ3v) is 7.22. The van der Waals surface area contributed by atoms with E-state index in [-0.39, 0.29) is 33.8 Å². The van der Waals surface area contributed by atoms with Gasteiger partial charge in [0.15, 0.2) is 0 Å². The van der Waals surface area contributed by atoms with E-state index in [1.165, 1.54) is 24.3 Å². The molecule has 0 spiro atoms. The fourth-order valence-electron chi connectivity index (χ4n) is 2.84. The lowest BCUT2D eigenvalue weighted by molar-refractivity contribution is -0.115. The van der Waals surface area contributed by atoms with Gasteiger partial charge in [0.05, 0.1) is 27.6 Å². The van der Waals surface area contributed by atoms with Crippen LogP contribution in [0.1, 0.15) is 18.4 Å². The monoisotopic (exact) mass is 407 g/mol. The van der Waals surface area contributed by atoms with Crippen molar-refractivity contribution in [2.75, 3.05) is 10.0 Å². The van der Waals surface area contributed by atoms with Gasteiger partial charge < -0.3 is 5.32 Å². The minimum Gasteiger partial charge on any atom is -0.324 e. The standard InChI is InChI=1S/C17H17N3O5S2/c21-16-9-11-3-1-6-15(17(11)18-16)20-27(24,25)14-5-2-4-13(10-14)26(22,23)19-12-7-8-12/h1-6,10,12,19-20H,7-9H2,(H,18,21). The fourth-order valence-corrected chi connectivity index (χ4v) is 5.38. The topological polar surface area (TPSA) is 121 Å². The zero-order chi connectivity index (χ0) is 19.2. The molecule has 2 aliphatic rings. The maximum atomic E-state index is 12.8. The molecule has 0 radical (unpaired) electrons. The van der Waals surface area contributed by atoms with Crippen molar-refractivity contribution in [1.29, 1.82) is 0 Å². The SMILES string of the molecule is O=C1Cc2cccc(NS(=O)(=O)c3cccc(S(=O)(=O)NC4CC4)c3)c2N1. The van der Waals surface area contributed by atoms with Gasteiger partial charge in [-0.2, -0.15) is 0 Å². The summed E-state index contributed by atoms with van der Waals surface area (Å²) >= 11 is 0. The number of para-hydroxylation sites is 1. The van der Waals surface area contributed by atoms with Gasteiger partial charge in [-0.1, -0.05) is 18.2 Å². The lowest BCUT2D eigenvalue weighted by atomic mass is 10.1. The Kier molecular flexibility index (Phi) is 4.21. The first kappa shape index (κ1) is 18.0. The van der Waals surface area contributed by atoms with Crippen LogP contribution in [0.4, 0.5) is 11.4 Å². The highest BCUT2D eigenvalue weighted by molar-refractivity contribution is 7.93. The van der Waals surface area contributed by atoms with Crippen LogP contribution in [-0.2, 0) is 31.3 Å². The molecule has 142 valence electrons. The second-order valence-corrected chi connectivity index (χ2v) is 9.94. The van der Waals surface area contributed by atoms with E-state index in [4.69, 9.17) is 0 Å². The fraction of sp³-hybridized carbons (Fsp3) is 0.235. The van der Waals surface area contributed by atoms with E-state index in [1.54, 1.807) is 12.1 Å². The molecule has 0 aromatic heterocycles. The van der Waals surface area contributed by atoms with Crippen molar-refractivity contribution in [2.24, 2.45) is 0 Å². The summed E-state index contributed by atoms with van der Waals surface area (Å²) in [6.07, 6.45) is 1.75. The number of hydrogen-bond donors (Lipinski definition) is 3. The lowest BCUT2D eigenvalue weighted by Crippen LogP contribution is -2.26. The highest BCUT2D eigenvalue weighted by Crippen LogP contribution is 2.33. The number of hydrogen-bond acceptors (Lipinski definition) is 5. The molecule has 1 saturated carbocycles. The molecule has 4 rings (SSSR count). The highest BCUT2D eigenvalue weighted by atomic mass is 32.2. The first-order valence-corrected chi connectivity index (χ1v) is 11.3. The van der Waals surface area contributed by atoms with Crippen molar-refractivity contribution in [3.63, 3.8) is 0 Å². The van der Waals surface area contributed by atoms with Crippen LogP contribution in [0, 0.1) is 0 Å². The number of carbonyl (C=O) groups excluding carboxylic acids is 1. The van der Waals surface area contributed by atoms with E-state index in [0.29, 0.717) is 11.3 Å². The van der Waals surface area contributed by atoms with Crippen molar-refractivity contribution < 1.29 is 21.6 Å². The first-order chi connectivity index (χ1) is 12.7. The number of sulfonamides is 2. The third kappa shape index (κ3) is 3.68.